The normalized spacial score (nSPS) is 22.6. The van der Waals surface area contributed by atoms with Crippen LogP contribution in [0.15, 0.2) is 18.2 Å². The third kappa shape index (κ3) is 4.47. The van der Waals surface area contributed by atoms with Crippen molar-refractivity contribution in [2.75, 3.05) is 32.1 Å². The van der Waals surface area contributed by atoms with E-state index in [0.29, 0.717) is 29.2 Å². The number of rotatable bonds is 5. The number of aromatic amines is 1. The molecule has 146 valence electrons. The Bertz CT molecular complexity index is 838. The number of carbonyl (C=O) groups is 2. The van der Waals surface area contributed by atoms with Crippen LogP contribution in [0.5, 0.6) is 0 Å². The Morgan fingerprint density at radius 1 is 1.30 bits per heavy atom. The van der Waals surface area contributed by atoms with E-state index < -0.39 is 11.8 Å². The van der Waals surface area contributed by atoms with Crippen molar-refractivity contribution in [3.05, 3.63) is 29.7 Å². The van der Waals surface area contributed by atoms with E-state index in [2.05, 4.69) is 24.1 Å². The molecular formula is C20H27FN3O3+. The van der Waals surface area contributed by atoms with Crippen LogP contribution in [0.25, 0.3) is 10.9 Å². The van der Waals surface area contributed by atoms with E-state index in [1.165, 1.54) is 36.6 Å². The van der Waals surface area contributed by atoms with E-state index in [1.54, 1.807) is 0 Å². The second-order valence-electron chi connectivity index (χ2n) is 7.71. The van der Waals surface area contributed by atoms with Crippen LogP contribution >= 0.6 is 0 Å². The molecule has 1 fully saturated rings. The molecule has 2 heterocycles. The summed E-state index contributed by atoms with van der Waals surface area (Å²) in [5, 5.41) is 3.24. The number of likely N-dealkylation sites (tertiary alicyclic amines) is 1. The van der Waals surface area contributed by atoms with Crippen LogP contribution < -0.4 is 10.2 Å². The van der Waals surface area contributed by atoms with Crippen molar-refractivity contribution in [3.8, 4) is 0 Å². The average molecular weight is 376 g/mol. The van der Waals surface area contributed by atoms with E-state index >= 15 is 0 Å². The van der Waals surface area contributed by atoms with Gasteiger partial charge in [-0.3, -0.25) is 4.79 Å². The zero-order valence-electron chi connectivity index (χ0n) is 16.0. The van der Waals surface area contributed by atoms with Crippen LogP contribution in [0.4, 0.5) is 10.1 Å². The number of carbonyl (C=O) groups excluding carboxylic acids is 2. The van der Waals surface area contributed by atoms with Gasteiger partial charge in [-0.25, -0.2) is 9.18 Å². The number of hydrogen-bond acceptors (Lipinski definition) is 3. The minimum atomic E-state index is -0.605. The maximum absolute atomic E-state index is 13.7. The summed E-state index contributed by atoms with van der Waals surface area (Å²) < 4.78 is 18.4. The number of nitrogens with one attached hydrogen (secondary N) is 3. The van der Waals surface area contributed by atoms with E-state index in [9.17, 15) is 14.0 Å². The van der Waals surface area contributed by atoms with Crippen LogP contribution in [0, 0.1) is 17.7 Å². The fraction of sp³-hybridized carbons (Fsp3) is 0.500. The summed E-state index contributed by atoms with van der Waals surface area (Å²) in [6.45, 7) is 7.38. The third-order valence-electron chi connectivity index (χ3n) is 5.20. The molecule has 2 atom stereocenters. The monoisotopic (exact) mass is 376 g/mol. The van der Waals surface area contributed by atoms with Gasteiger partial charge in [-0.2, -0.15) is 0 Å². The third-order valence-corrected chi connectivity index (χ3v) is 5.20. The highest BCUT2D eigenvalue weighted by Crippen LogP contribution is 2.29. The van der Waals surface area contributed by atoms with Crippen LogP contribution in [0.1, 0.15) is 37.2 Å². The van der Waals surface area contributed by atoms with Crippen molar-refractivity contribution in [3.63, 3.8) is 0 Å². The Labute approximate surface area is 158 Å². The van der Waals surface area contributed by atoms with Crippen LogP contribution in [0.2, 0.25) is 0 Å². The minimum Gasteiger partial charge on any atom is -0.464 e. The van der Waals surface area contributed by atoms with Gasteiger partial charge in [0, 0.05) is 22.7 Å². The van der Waals surface area contributed by atoms with Crippen LogP contribution in [-0.2, 0) is 9.53 Å². The molecule has 3 rings (SSSR count). The number of halogens is 1. The molecule has 27 heavy (non-hydrogen) atoms. The van der Waals surface area contributed by atoms with Gasteiger partial charge in [0.1, 0.15) is 11.5 Å². The zero-order chi connectivity index (χ0) is 19.6. The predicted molar refractivity (Wildman–Crippen MR) is 101 cm³/mol. The lowest BCUT2D eigenvalue weighted by Gasteiger charge is -2.31. The van der Waals surface area contributed by atoms with Gasteiger partial charge in [0.15, 0.2) is 0 Å². The standard InChI is InChI=1S/C20H26FN3O3/c1-12-8-13(2)11-24(10-12)7-6-17(25)23-18-15-9-14(21)4-5-16(15)22-19(18)20(26)27-3/h4-5,9,12-13,22H,6-8,10-11H2,1-3H3,(H,23,25)/p+1/t12-,13-/m1/s1. The number of methoxy groups -OCH3 is 1. The van der Waals surface area contributed by atoms with Crippen molar-refractivity contribution < 1.29 is 23.6 Å². The Balaban J connectivity index is 1.74. The first kappa shape index (κ1) is 19.4. The summed E-state index contributed by atoms with van der Waals surface area (Å²) in [5.74, 6) is 0.0905. The molecule has 0 unspecified atom stereocenters. The molecule has 0 saturated carbocycles. The van der Waals surface area contributed by atoms with E-state index in [-0.39, 0.29) is 17.3 Å². The maximum Gasteiger partial charge on any atom is 0.356 e. The summed E-state index contributed by atoms with van der Waals surface area (Å²) in [4.78, 5) is 28.9. The second kappa shape index (κ2) is 8.08. The largest absolute Gasteiger partial charge is 0.464 e. The van der Waals surface area contributed by atoms with Gasteiger partial charge in [0.05, 0.1) is 38.9 Å². The first-order valence-corrected chi connectivity index (χ1v) is 9.40. The van der Waals surface area contributed by atoms with Gasteiger partial charge in [-0.1, -0.05) is 13.8 Å². The summed E-state index contributed by atoms with van der Waals surface area (Å²) in [6, 6.07) is 4.13. The van der Waals surface area contributed by atoms with E-state index in [4.69, 9.17) is 4.74 Å². The van der Waals surface area contributed by atoms with Gasteiger partial charge < -0.3 is 19.9 Å². The number of hydrogen-bond donors (Lipinski definition) is 3. The highest BCUT2D eigenvalue weighted by atomic mass is 19.1. The molecule has 2 aromatic rings. The number of anilines is 1. The molecule has 1 aromatic carbocycles. The molecule has 1 aromatic heterocycles. The van der Waals surface area contributed by atoms with E-state index in [1.807, 2.05) is 0 Å². The lowest BCUT2D eigenvalue weighted by atomic mass is 9.92. The van der Waals surface area contributed by atoms with Gasteiger partial charge >= 0.3 is 5.97 Å². The molecule has 0 bridgehead atoms. The maximum atomic E-state index is 13.7. The van der Waals surface area contributed by atoms with Gasteiger partial charge in [0.2, 0.25) is 5.91 Å². The molecule has 1 aliphatic heterocycles. The second-order valence-corrected chi connectivity index (χ2v) is 7.71. The lowest BCUT2D eigenvalue weighted by Crippen LogP contribution is -3.14. The summed E-state index contributed by atoms with van der Waals surface area (Å²) in [7, 11) is 1.27. The van der Waals surface area contributed by atoms with Gasteiger partial charge in [-0.15, -0.1) is 0 Å². The number of fused-ring (bicyclic) bond motifs is 1. The van der Waals surface area contributed by atoms with Crippen molar-refractivity contribution in [2.45, 2.75) is 26.7 Å². The highest BCUT2D eigenvalue weighted by Gasteiger charge is 2.26. The van der Waals surface area contributed by atoms with Crippen molar-refractivity contribution in [1.82, 2.24) is 4.98 Å². The van der Waals surface area contributed by atoms with Crippen molar-refractivity contribution in [2.24, 2.45) is 11.8 Å². The molecule has 1 aliphatic rings. The lowest BCUT2D eigenvalue weighted by molar-refractivity contribution is -0.911. The molecule has 6 nitrogen and oxygen atoms in total. The predicted octanol–water partition coefficient (Wildman–Crippen LogP) is 1.98. The Morgan fingerprint density at radius 2 is 2.00 bits per heavy atom. The molecule has 0 spiro atoms. The molecule has 7 heteroatoms. The van der Waals surface area contributed by atoms with Crippen molar-refractivity contribution in [1.29, 1.82) is 0 Å². The first-order chi connectivity index (χ1) is 12.9. The number of aromatic nitrogens is 1. The Hall–Kier alpha value is -2.41. The van der Waals surface area contributed by atoms with Gasteiger partial charge in [0.25, 0.3) is 0 Å². The molecule has 1 saturated heterocycles. The Morgan fingerprint density at radius 3 is 2.67 bits per heavy atom. The highest BCUT2D eigenvalue weighted by molar-refractivity contribution is 6.10. The van der Waals surface area contributed by atoms with Gasteiger partial charge in [-0.05, 0) is 24.6 Å². The quantitative estimate of drug-likeness (QED) is 0.699. The smallest absolute Gasteiger partial charge is 0.356 e. The number of esters is 1. The summed E-state index contributed by atoms with van der Waals surface area (Å²) in [5.41, 5.74) is 0.965. The average Bonchev–Trinajstić information content (AvgIpc) is 2.96. The molecule has 0 radical (unpaired) electrons. The fourth-order valence-electron chi connectivity index (χ4n) is 4.17. The molecule has 3 N–H and O–H groups in total. The number of amides is 1. The van der Waals surface area contributed by atoms with E-state index in [0.717, 1.165) is 19.6 Å². The summed E-state index contributed by atoms with van der Waals surface area (Å²) >= 11 is 0. The minimum absolute atomic E-state index is 0.124. The molecule has 0 aliphatic carbocycles. The Kier molecular flexibility index (Phi) is 5.79. The SMILES string of the molecule is COC(=O)c1[nH]c2ccc(F)cc2c1NC(=O)CC[NH+]1C[C@H](C)C[C@@H](C)C1. The first-order valence-electron chi connectivity index (χ1n) is 9.40. The number of ether oxygens (including phenoxy) is 1. The zero-order valence-corrected chi connectivity index (χ0v) is 16.0. The molecular weight excluding hydrogens is 349 g/mol. The van der Waals surface area contributed by atoms with Crippen LogP contribution in [0.3, 0.4) is 0 Å². The van der Waals surface area contributed by atoms with Crippen LogP contribution in [-0.4, -0.2) is 43.6 Å². The number of benzene rings is 1. The topological polar surface area (TPSA) is 75.6 Å². The number of quaternary nitrogens is 1. The fourth-order valence-corrected chi connectivity index (χ4v) is 4.17. The number of piperidine rings is 1. The molecule has 1 amide bonds. The summed E-state index contributed by atoms with van der Waals surface area (Å²) in [6.07, 6.45) is 1.58. The number of H-pyrrole nitrogens is 1. The van der Waals surface area contributed by atoms with Crippen molar-refractivity contribution >= 4 is 28.5 Å².